The summed E-state index contributed by atoms with van der Waals surface area (Å²) in [7, 11) is 1.95. The number of rotatable bonds is 5. The molecule has 1 fully saturated rings. The van der Waals surface area contributed by atoms with Gasteiger partial charge in [-0.3, -0.25) is 19.3 Å². The Labute approximate surface area is 146 Å². The largest absolute Gasteiger partial charge is 0.352 e. The highest BCUT2D eigenvalue weighted by atomic mass is 32.2. The number of likely N-dealkylation sites (N-methyl/N-ethyl adjacent to an activating group) is 1. The first-order chi connectivity index (χ1) is 11.3. The van der Waals surface area contributed by atoms with E-state index in [1.54, 1.807) is 11.0 Å². The van der Waals surface area contributed by atoms with Gasteiger partial charge in [-0.05, 0) is 57.2 Å². The van der Waals surface area contributed by atoms with Gasteiger partial charge in [-0.2, -0.15) is 0 Å². The van der Waals surface area contributed by atoms with E-state index in [4.69, 9.17) is 0 Å². The van der Waals surface area contributed by atoms with Crippen LogP contribution in [0.5, 0.6) is 0 Å². The Morgan fingerprint density at radius 2 is 1.88 bits per heavy atom. The summed E-state index contributed by atoms with van der Waals surface area (Å²) in [5.74, 6) is -0.610. The Morgan fingerprint density at radius 1 is 1.25 bits per heavy atom. The first kappa shape index (κ1) is 18.3. The number of aromatic nitrogens is 1. The summed E-state index contributed by atoms with van der Waals surface area (Å²) in [6.45, 7) is 8.61. The maximum Gasteiger partial charge on any atom is 0.294 e. The quantitative estimate of drug-likeness (QED) is 0.767. The molecular formula is C17H23N3O3S. The first-order valence-corrected chi connectivity index (χ1v) is 8.77. The van der Waals surface area contributed by atoms with Gasteiger partial charge in [0.2, 0.25) is 5.91 Å². The van der Waals surface area contributed by atoms with E-state index in [1.807, 2.05) is 45.4 Å². The molecule has 6 nitrogen and oxygen atoms in total. The van der Waals surface area contributed by atoms with Crippen molar-refractivity contribution >= 4 is 34.9 Å². The summed E-state index contributed by atoms with van der Waals surface area (Å²) in [6.07, 6.45) is 1.73. The van der Waals surface area contributed by atoms with E-state index in [-0.39, 0.29) is 12.5 Å². The van der Waals surface area contributed by atoms with Gasteiger partial charge in [-0.1, -0.05) is 0 Å². The number of carbonyl (C=O) groups excluding carboxylic acids is 3. The van der Waals surface area contributed by atoms with Crippen LogP contribution in [-0.2, 0) is 16.6 Å². The van der Waals surface area contributed by atoms with E-state index in [1.165, 1.54) is 0 Å². The monoisotopic (exact) mass is 349 g/mol. The zero-order valence-corrected chi connectivity index (χ0v) is 15.6. The molecule has 0 spiro atoms. The lowest BCUT2D eigenvalue weighted by atomic mass is 10.2. The molecule has 0 N–H and O–H groups in total. The number of amides is 3. The second kappa shape index (κ2) is 7.25. The molecule has 0 aromatic carbocycles. The molecule has 130 valence electrons. The van der Waals surface area contributed by atoms with Gasteiger partial charge in [0.25, 0.3) is 11.1 Å². The van der Waals surface area contributed by atoms with Gasteiger partial charge < -0.3 is 9.47 Å². The molecule has 0 unspecified atom stereocenters. The van der Waals surface area contributed by atoms with Crippen molar-refractivity contribution in [2.45, 2.75) is 27.7 Å². The fraction of sp³-hybridized carbons (Fsp3) is 0.471. The molecule has 0 radical (unpaired) electrons. The van der Waals surface area contributed by atoms with Gasteiger partial charge >= 0.3 is 0 Å². The summed E-state index contributed by atoms with van der Waals surface area (Å²) < 4.78 is 2.03. The molecule has 0 atom stereocenters. The third kappa shape index (κ3) is 3.40. The SMILES string of the molecule is CCN(CC)C(=O)CN1C(=O)S/C(=C\c2cc(C)n(C)c2C)C1=O. The van der Waals surface area contributed by atoms with E-state index in [2.05, 4.69) is 0 Å². The highest BCUT2D eigenvalue weighted by Crippen LogP contribution is 2.33. The normalized spacial score (nSPS) is 16.4. The number of thioether (sulfide) groups is 1. The lowest BCUT2D eigenvalue weighted by Crippen LogP contribution is -2.41. The topological polar surface area (TPSA) is 62.6 Å². The zero-order chi connectivity index (χ0) is 18.0. The smallest absolute Gasteiger partial charge is 0.294 e. The van der Waals surface area contributed by atoms with Gasteiger partial charge in [0.05, 0.1) is 4.91 Å². The Bertz CT molecular complexity index is 717. The Kier molecular flexibility index (Phi) is 5.54. The maximum atomic E-state index is 12.5. The van der Waals surface area contributed by atoms with E-state index in [0.717, 1.165) is 33.6 Å². The van der Waals surface area contributed by atoms with Gasteiger partial charge in [0.1, 0.15) is 6.54 Å². The highest BCUT2D eigenvalue weighted by Gasteiger charge is 2.37. The number of hydrogen-bond donors (Lipinski definition) is 0. The van der Waals surface area contributed by atoms with Crippen LogP contribution in [0.15, 0.2) is 11.0 Å². The molecule has 1 aliphatic heterocycles. The third-order valence-electron chi connectivity index (χ3n) is 4.38. The number of aryl methyl sites for hydroxylation is 1. The van der Waals surface area contributed by atoms with Crippen molar-refractivity contribution in [1.29, 1.82) is 0 Å². The van der Waals surface area contributed by atoms with Crippen LogP contribution in [0.4, 0.5) is 4.79 Å². The summed E-state index contributed by atoms with van der Waals surface area (Å²) in [5.41, 5.74) is 3.02. The Balaban J connectivity index is 2.21. The van der Waals surface area contributed by atoms with Crippen LogP contribution in [-0.4, -0.2) is 51.1 Å². The van der Waals surface area contributed by atoms with Crippen LogP contribution in [0.25, 0.3) is 6.08 Å². The van der Waals surface area contributed by atoms with Crippen LogP contribution in [0.2, 0.25) is 0 Å². The van der Waals surface area contributed by atoms with Gasteiger partial charge in [0, 0.05) is 31.5 Å². The van der Waals surface area contributed by atoms with Crippen LogP contribution in [0.3, 0.4) is 0 Å². The van der Waals surface area contributed by atoms with Crippen LogP contribution in [0, 0.1) is 13.8 Å². The summed E-state index contributed by atoms with van der Waals surface area (Å²) >= 11 is 0.888. The minimum absolute atomic E-state index is 0.198. The summed E-state index contributed by atoms with van der Waals surface area (Å²) in [6, 6.07) is 1.98. The molecule has 1 aromatic rings. The van der Waals surface area contributed by atoms with Gasteiger partial charge in [-0.15, -0.1) is 0 Å². The van der Waals surface area contributed by atoms with E-state index in [0.29, 0.717) is 18.0 Å². The first-order valence-electron chi connectivity index (χ1n) is 7.96. The van der Waals surface area contributed by atoms with Crippen molar-refractivity contribution < 1.29 is 14.4 Å². The molecule has 0 aliphatic carbocycles. The standard InChI is InChI=1S/C17H23N3O3S/c1-6-19(7-2)15(21)10-20-16(22)14(24-17(20)23)9-13-8-11(3)18(5)12(13)4/h8-9H,6-7,10H2,1-5H3/b14-9-. The molecule has 24 heavy (non-hydrogen) atoms. The summed E-state index contributed by atoms with van der Waals surface area (Å²) in [4.78, 5) is 39.8. The van der Waals surface area contributed by atoms with E-state index < -0.39 is 11.1 Å². The fourth-order valence-corrected chi connectivity index (χ4v) is 3.45. The second-order valence-electron chi connectivity index (χ2n) is 5.72. The number of hydrogen-bond acceptors (Lipinski definition) is 4. The minimum atomic E-state index is -0.397. The van der Waals surface area contributed by atoms with Gasteiger partial charge in [-0.25, -0.2) is 0 Å². The highest BCUT2D eigenvalue weighted by molar-refractivity contribution is 8.18. The molecule has 1 aliphatic rings. The third-order valence-corrected chi connectivity index (χ3v) is 5.29. The zero-order valence-electron chi connectivity index (χ0n) is 14.8. The molecular weight excluding hydrogens is 326 g/mol. The van der Waals surface area contributed by atoms with E-state index in [9.17, 15) is 14.4 Å². The van der Waals surface area contributed by atoms with Crippen LogP contribution >= 0.6 is 11.8 Å². The maximum absolute atomic E-state index is 12.5. The number of imide groups is 1. The fourth-order valence-electron chi connectivity index (χ4n) is 2.62. The van der Waals surface area contributed by atoms with Crippen molar-refractivity contribution in [2.24, 2.45) is 7.05 Å². The van der Waals surface area contributed by atoms with Gasteiger partial charge in [0.15, 0.2) is 0 Å². The van der Waals surface area contributed by atoms with Crippen molar-refractivity contribution in [2.75, 3.05) is 19.6 Å². The predicted octanol–water partition coefficient (Wildman–Crippen LogP) is 2.55. The Hall–Kier alpha value is -2.02. The Morgan fingerprint density at radius 3 is 2.38 bits per heavy atom. The average molecular weight is 349 g/mol. The molecule has 7 heteroatoms. The minimum Gasteiger partial charge on any atom is -0.352 e. The number of nitrogens with zero attached hydrogens (tertiary/aromatic N) is 3. The molecule has 1 aromatic heterocycles. The van der Waals surface area contributed by atoms with Crippen molar-refractivity contribution in [3.05, 3.63) is 27.9 Å². The van der Waals surface area contributed by atoms with Crippen molar-refractivity contribution in [3.8, 4) is 0 Å². The lowest BCUT2D eigenvalue weighted by molar-refractivity contribution is -0.135. The van der Waals surface area contributed by atoms with Crippen LogP contribution in [0.1, 0.15) is 30.8 Å². The average Bonchev–Trinajstić information content (AvgIpc) is 2.94. The molecule has 0 bridgehead atoms. The molecule has 1 saturated heterocycles. The van der Waals surface area contributed by atoms with E-state index >= 15 is 0 Å². The van der Waals surface area contributed by atoms with Crippen LogP contribution < -0.4 is 0 Å². The second-order valence-corrected chi connectivity index (χ2v) is 6.71. The lowest BCUT2D eigenvalue weighted by Gasteiger charge is -2.21. The van der Waals surface area contributed by atoms with Crippen molar-refractivity contribution in [3.63, 3.8) is 0 Å². The van der Waals surface area contributed by atoms with Crippen molar-refractivity contribution in [1.82, 2.24) is 14.4 Å². The molecule has 2 heterocycles. The summed E-state index contributed by atoms with van der Waals surface area (Å²) in [5, 5.41) is -0.392. The molecule has 3 amide bonds. The molecule has 2 rings (SSSR count). The molecule has 0 saturated carbocycles. The number of carbonyl (C=O) groups is 3. The predicted molar refractivity (Wildman–Crippen MR) is 95.5 cm³/mol.